The number of hydrogen-bond acceptors (Lipinski definition) is 5. The first-order valence-corrected chi connectivity index (χ1v) is 8.32. The Morgan fingerprint density at radius 2 is 1.64 bits per heavy atom. The molecular weight excluding hydrogens is 302 g/mol. The van der Waals surface area contributed by atoms with Crippen LogP contribution in [0.2, 0.25) is 0 Å². The average molecular weight is 319 g/mol. The summed E-state index contributed by atoms with van der Waals surface area (Å²) in [6.07, 6.45) is 0.844. The molecule has 0 saturated carbocycles. The highest BCUT2D eigenvalue weighted by Gasteiger charge is 2.18. The predicted octanol–water partition coefficient (Wildman–Crippen LogP) is 2.64. The number of hydrogen-bond donors (Lipinski definition) is 1. The fraction of sp³-hybridized carbons (Fsp3) is 0.188. The Bertz CT molecular complexity index is 789. The van der Waals surface area contributed by atoms with Crippen LogP contribution in [0, 0.1) is 0 Å². The molecule has 0 radical (unpaired) electrons. The van der Waals surface area contributed by atoms with Gasteiger partial charge < -0.3 is 9.50 Å². The molecule has 0 saturated heterocycles. The van der Waals surface area contributed by atoms with E-state index in [4.69, 9.17) is 4.18 Å². The van der Waals surface area contributed by atoms with Crippen LogP contribution in [0.1, 0.15) is 13.3 Å². The van der Waals surface area contributed by atoms with Gasteiger partial charge in [-0.1, -0.05) is 37.3 Å². The summed E-state index contributed by atoms with van der Waals surface area (Å²) >= 11 is 0. The minimum Gasteiger partial charge on any atom is -0.382 e. The lowest BCUT2D eigenvalue weighted by Gasteiger charge is -2.06. The first-order valence-electron chi connectivity index (χ1n) is 6.91. The van der Waals surface area contributed by atoms with Crippen LogP contribution in [0.4, 0.5) is 5.69 Å². The molecule has 0 spiro atoms. The Labute approximate surface area is 129 Å². The summed E-state index contributed by atoms with van der Waals surface area (Å²) in [6, 6.07) is 13.9. The lowest BCUT2D eigenvalue weighted by molar-refractivity contribution is 0.484. The maximum absolute atomic E-state index is 12.3. The van der Waals surface area contributed by atoms with E-state index in [9.17, 15) is 13.2 Å². The standard InChI is InChI=1S/C16H17NO4S/c1-2-12-17-14-10-6-7-11-15(16(14)18)21-22(19,20)13-8-4-3-5-9-13/h3-11H,2,12H2,1H3,(H,17,18). The molecule has 0 aliphatic carbocycles. The lowest BCUT2D eigenvalue weighted by Crippen LogP contribution is -2.17. The maximum Gasteiger partial charge on any atom is 0.339 e. The topological polar surface area (TPSA) is 72.5 Å². The van der Waals surface area contributed by atoms with Crippen LogP contribution in [0.5, 0.6) is 5.75 Å². The van der Waals surface area contributed by atoms with Gasteiger partial charge in [0.1, 0.15) is 4.90 Å². The smallest absolute Gasteiger partial charge is 0.339 e. The van der Waals surface area contributed by atoms with E-state index >= 15 is 0 Å². The van der Waals surface area contributed by atoms with Gasteiger partial charge >= 0.3 is 10.1 Å². The Hall–Kier alpha value is -2.34. The van der Waals surface area contributed by atoms with E-state index in [-0.39, 0.29) is 10.6 Å². The summed E-state index contributed by atoms with van der Waals surface area (Å²) in [6.45, 7) is 2.59. The second kappa shape index (κ2) is 7.09. The molecule has 0 bridgehead atoms. The van der Waals surface area contributed by atoms with Crippen molar-refractivity contribution in [1.29, 1.82) is 0 Å². The molecule has 0 atom stereocenters. The van der Waals surface area contributed by atoms with Crippen molar-refractivity contribution in [3.8, 4) is 5.75 Å². The summed E-state index contributed by atoms with van der Waals surface area (Å²) in [4.78, 5) is 12.3. The van der Waals surface area contributed by atoms with Gasteiger partial charge in [-0.3, -0.25) is 4.79 Å². The van der Waals surface area contributed by atoms with E-state index in [0.717, 1.165) is 6.42 Å². The van der Waals surface area contributed by atoms with Crippen LogP contribution in [-0.4, -0.2) is 15.0 Å². The van der Waals surface area contributed by atoms with E-state index in [0.29, 0.717) is 12.2 Å². The molecule has 0 amide bonds. The molecule has 22 heavy (non-hydrogen) atoms. The van der Waals surface area contributed by atoms with Crippen molar-refractivity contribution in [2.24, 2.45) is 0 Å². The van der Waals surface area contributed by atoms with Gasteiger partial charge in [0.05, 0.1) is 5.69 Å². The second-order valence-electron chi connectivity index (χ2n) is 4.60. The largest absolute Gasteiger partial charge is 0.382 e. The molecule has 0 unspecified atom stereocenters. The molecule has 0 aliphatic heterocycles. The molecule has 0 fully saturated rings. The number of anilines is 1. The van der Waals surface area contributed by atoms with Crippen LogP contribution in [0.3, 0.4) is 0 Å². The molecule has 6 heteroatoms. The van der Waals surface area contributed by atoms with Crippen molar-refractivity contribution in [3.05, 3.63) is 64.8 Å². The van der Waals surface area contributed by atoms with Crippen LogP contribution >= 0.6 is 0 Å². The van der Waals surface area contributed by atoms with Crippen molar-refractivity contribution in [2.45, 2.75) is 18.2 Å². The van der Waals surface area contributed by atoms with Gasteiger partial charge in [-0.15, -0.1) is 0 Å². The second-order valence-corrected chi connectivity index (χ2v) is 6.15. The minimum atomic E-state index is -4.03. The summed E-state index contributed by atoms with van der Waals surface area (Å²) in [7, 11) is -4.03. The summed E-state index contributed by atoms with van der Waals surface area (Å²) in [5.74, 6) is -0.229. The molecule has 1 N–H and O–H groups in total. The van der Waals surface area contributed by atoms with Crippen molar-refractivity contribution in [2.75, 3.05) is 11.9 Å². The summed E-state index contributed by atoms with van der Waals surface area (Å²) in [5, 5.41) is 2.96. The van der Waals surface area contributed by atoms with Gasteiger partial charge in [-0.2, -0.15) is 8.42 Å². The van der Waals surface area contributed by atoms with Crippen LogP contribution < -0.4 is 14.9 Å². The zero-order valence-corrected chi connectivity index (χ0v) is 13.0. The SMILES string of the molecule is CCCNc1ccccc(OS(=O)(=O)c2ccccc2)c1=O. The molecule has 116 valence electrons. The van der Waals surface area contributed by atoms with Crippen molar-refractivity contribution in [1.82, 2.24) is 0 Å². The number of rotatable bonds is 6. The van der Waals surface area contributed by atoms with E-state index in [1.54, 1.807) is 36.4 Å². The third-order valence-electron chi connectivity index (χ3n) is 2.89. The fourth-order valence-corrected chi connectivity index (χ4v) is 2.75. The van der Waals surface area contributed by atoms with Crippen molar-refractivity contribution in [3.63, 3.8) is 0 Å². The number of nitrogens with one attached hydrogen (secondary N) is 1. The van der Waals surface area contributed by atoms with E-state index in [2.05, 4.69) is 5.32 Å². The highest BCUT2D eigenvalue weighted by molar-refractivity contribution is 7.87. The minimum absolute atomic E-state index is 0.00368. The molecule has 0 aromatic heterocycles. The van der Waals surface area contributed by atoms with Crippen molar-refractivity contribution < 1.29 is 12.6 Å². The summed E-state index contributed by atoms with van der Waals surface area (Å²) in [5.41, 5.74) is -0.178. The molecule has 2 aromatic rings. The monoisotopic (exact) mass is 319 g/mol. The zero-order chi connectivity index (χ0) is 16.0. The van der Waals surface area contributed by atoms with Gasteiger partial charge in [0.15, 0.2) is 5.75 Å². The fourth-order valence-electron chi connectivity index (χ4n) is 1.80. The zero-order valence-electron chi connectivity index (χ0n) is 12.2. The summed E-state index contributed by atoms with van der Waals surface area (Å²) < 4.78 is 29.4. The van der Waals surface area contributed by atoms with E-state index in [1.807, 2.05) is 6.92 Å². The third-order valence-corrected chi connectivity index (χ3v) is 4.14. The third kappa shape index (κ3) is 3.85. The Kier molecular flexibility index (Phi) is 5.16. The van der Waals surface area contributed by atoms with E-state index < -0.39 is 15.5 Å². The number of benzene rings is 1. The van der Waals surface area contributed by atoms with Gasteiger partial charge in [0.2, 0.25) is 5.43 Å². The molecular formula is C16H17NO4S. The molecule has 0 aliphatic rings. The molecule has 5 nitrogen and oxygen atoms in total. The van der Waals surface area contributed by atoms with Crippen LogP contribution in [0.25, 0.3) is 0 Å². The lowest BCUT2D eigenvalue weighted by atomic mass is 10.3. The van der Waals surface area contributed by atoms with E-state index in [1.165, 1.54) is 18.2 Å². The Morgan fingerprint density at radius 3 is 2.32 bits per heavy atom. The van der Waals surface area contributed by atoms with Gasteiger partial charge in [0, 0.05) is 6.54 Å². The van der Waals surface area contributed by atoms with Gasteiger partial charge in [-0.05, 0) is 30.7 Å². The average Bonchev–Trinajstić information content (AvgIpc) is 2.69. The Balaban J connectivity index is 2.38. The first kappa shape index (κ1) is 16.0. The first-order chi connectivity index (χ1) is 10.5. The predicted molar refractivity (Wildman–Crippen MR) is 85.7 cm³/mol. The van der Waals surface area contributed by atoms with Crippen molar-refractivity contribution >= 4 is 15.8 Å². The molecule has 2 aromatic carbocycles. The quantitative estimate of drug-likeness (QED) is 0.829. The van der Waals surface area contributed by atoms with Gasteiger partial charge in [0.25, 0.3) is 0 Å². The highest BCUT2D eigenvalue weighted by Crippen LogP contribution is 2.16. The Morgan fingerprint density at radius 1 is 1.00 bits per heavy atom. The molecule has 2 rings (SSSR count). The maximum atomic E-state index is 12.3. The normalized spacial score (nSPS) is 11.0. The molecule has 0 heterocycles. The van der Waals surface area contributed by atoms with Crippen LogP contribution in [0.15, 0.2) is 64.3 Å². The van der Waals surface area contributed by atoms with Crippen LogP contribution in [-0.2, 0) is 10.1 Å². The van der Waals surface area contributed by atoms with Gasteiger partial charge in [-0.25, -0.2) is 0 Å². The highest BCUT2D eigenvalue weighted by atomic mass is 32.2.